The van der Waals surface area contributed by atoms with Crippen LogP contribution in [0.25, 0.3) is 0 Å². The standard InChI is InChI=1S/C30H51N5O7S/c1-6-7-12-21(23(36)26(38)31-20-14-15-20)32-25(37)22-13-11-18-35(22)27(39)24(29(3,4)5)33-28(40)34-30(19(2)43(41)42)16-9-8-10-17-30/h19-22,24H,6-18H2,1-5H3,(H,31,38)(H,32,37)(H,41,42)(H2,33,34,40)/p-1/t19-,21-,22-,24+/m0/s1. The summed E-state index contributed by atoms with van der Waals surface area (Å²) in [5, 5.41) is 10.4. The molecule has 3 rings (SSSR count). The summed E-state index contributed by atoms with van der Waals surface area (Å²) in [6, 6.07) is -3.44. The number of amides is 5. The van der Waals surface area contributed by atoms with Crippen LogP contribution in [0.1, 0.15) is 112 Å². The molecule has 43 heavy (non-hydrogen) atoms. The molecule has 0 bridgehead atoms. The summed E-state index contributed by atoms with van der Waals surface area (Å²) in [7, 11) is 0. The summed E-state index contributed by atoms with van der Waals surface area (Å²) >= 11 is -2.39. The van der Waals surface area contributed by atoms with Gasteiger partial charge in [0.1, 0.15) is 12.1 Å². The average Bonchev–Trinajstić information content (AvgIpc) is 3.62. The molecule has 1 heterocycles. The van der Waals surface area contributed by atoms with Crippen molar-refractivity contribution >= 4 is 40.6 Å². The number of hydrogen-bond donors (Lipinski definition) is 4. The number of urea groups is 1. The van der Waals surface area contributed by atoms with Gasteiger partial charge in [-0.15, -0.1) is 0 Å². The molecule has 12 nitrogen and oxygen atoms in total. The van der Waals surface area contributed by atoms with Gasteiger partial charge in [0.05, 0.1) is 11.6 Å². The van der Waals surface area contributed by atoms with Crippen molar-refractivity contribution in [3.8, 4) is 0 Å². The molecule has 13 heteroatoms. The average molecular weight is 625 g/mol. The topological polar surface area (TPSA) is 177 Å². The Labute approximate surface area is 257 Å². The molecular formula is C30H50N5O7S-. The van der Waals surface area contributed by atoms with Gasteiger partial charge >= 0.3 is 6.03 Å². The number of carbonyl (C=O) groups is 5. The van der Waals surface area contributed by atoms with Crippen molar-refractivity contribution < 1.29 is 32.7 Å². The fourth-order valence-electron chi connectivity index (χ4n) is 6.10. The van der Waals surface area contributed by atoms with Gasteiger partial charge in [0.25, 0.3) is 5.91 Å². The predicted molar refractivity (Wildman–Crippen MR) is 161 cm³/mol. The van der Waals surface area contributed by atoms with Crippen molar-refractivity contribution in [2.75, 3.05) is 6.54 Å². The Hall–Kier alpha value is -2.54. The first-order valence-electron chi connectivity index (χ1n) is 15.8. The molecule has 0 aromatic heterocycles. The smallest absolute Gasteiger partial charge is 0.315 e. The van der Waals surface area contributed by atoms with Crippen LogP contribution in [0.3, 0.4) is 0 Å². The van der Waals surface area contributed by atoms with E-state index >= 15 is 0 Å². The maximum atomic E-state index is 14.0. The molecule has 1 aliphatic heterocycles. The normalized spacial score (nSPS) is 22.9. The Morgan fingerprint density at radius 2 is 1.65 bits per heavy atom. The van der Waals surface area contributed by atoms with Gasteiger partial charge in [0.2, 0.25) is 17.6 Å². The molecule has 0 aromatic carbocycles. The highest BCUT2D eigenvalue weighted by atomic mass is 32.2. The Morgan fingerprint density at radius 3 is 2.21 bits per heavy atom. The molecule has 1 unspecified atom stereocenters. The van der Waals surface area contributed by atoms with Gasteiger partial charge < -0.3 is 30.7 Å². The summed E-state index contributed by atoms with van der Waals surface area (Å²) < 4.78 is 23.8. The van der Waals surface area contributed by atoms with Crippen molar-refractivity contribution in [3.05, 3.63) is 0 Å². The van der Waals surface area contributed by atoms with Crippen LogP contribution in [0, 0.1) is 5.41 Å². The number of likely N-dealkylation sites (tertiary alicyclic amines) is 1. The first kappa shape index (κ1) is 34.9. The molecule has 0 aromatic rings. The maximum Gasteiger partial charge on any atom is 0.315 e. The van der Waals surface area contributed by atoms with Crippen LogP contribution >= 0.6 is 0 Å². The Kier molecular flexibility index (Phi) is 12.2. The molecule has 244 valence electrons. The monoisotopic (exact) mass is 624 g/mol. The van der Waals surface area contributed by atoms with Gasteiger partial charge in [0, 0.05) is 17.8 Å². The van der Waals surface area contributed by atoms with E-state index < -0.39 is 74.9 Å². The van der Waals surface area contributed by atoms with E-state index in [0.29, 0.717) is 45.1 Å². The Balaban J connectivity index is 1.73. The third-order valence-corrected chi connectivity index (χ3v) is 10.0. The van der Waals surface area contributed by atoms with Crippen molar-refractivity contribution in [3.63, 3.8) is 0 Å². The molecule has 5 amide bonds. The number of unbranched alkanes of at least 4 members (excludes halogenated alkanes) is 1. The number of carbonyl (C=O) groups excluding carboxylic acids is 5. The SMILES string of the molecule is CCCC[C@H](NC(=O)[C@@H]1CCCN1C(=O)[C@@H](NC(=O)NC1([C@H](C)S(=O)[O-])CCCCC1)C(C)(C)C)C(=O)C(=O)NC1CC1. The zero-order valence-electron chi connectivity index (χ0n) is 26.3. The van der Waals surface area contributed by atoms with E-state index in [4.69, 9.17) is 0 Å². The third kappa shape index (κ3) is 9.23. The van der Waals surface area contributed by atoms with Gasteiger partial charge in [-0.1, -0.05) is 70.9 Å². The van der Waals surface area contributed by atoms with Crippen LogP contribution in [0.15, 0.2) is 0 Å². The molecule has 1 saturated heterocycles. The van der Waals surface area contributed by atoms with Gasteiger partial charge in [-0.3, -0.25) is 23.4 Å². The summed E-state index contributed by atoms with van der Waals surface area (Å²) in [6.45, 7) is 9.28. The third-order valence-electron chi connectivity index (χ3n) is 9.02. The fraction of sp³-hybridized carbons (Fsp3) is 0.833. The van der Waals surface area contributed by atoms with Gasteiger partial charge in [-0.25, -0.2) is 4.79 Å². The summed E-state index contributed by atoms with van der Waals surface area (Å²) in [5.74, 6) is -2.30. The Morgan fingerprint density at radius 1 is 1.00 bits per heavy atom. The summed E-state index contributed by atoms with van der Waals surface area (Å²) in [5.41, 5.74) is -1.66. The number of nitrogens with zero attached hydrogens (tertiary/aromatic N) is 1. The predicted octanol–water partition coefficient (Wildman–Crippen LogP) is 2.18. The number of hydrogen-bond acceptors (Lipinski definition) is 7. The van der Waals surface area contributed by atoms with Gasteiger partial charge in [-0.05, 0) is 57.3 Å². The summed E-state index contributed by atoms with van der Waals surface area (Å²) in [6.07, 6.45) is 7.96. The Bertz CT molecular complexity index is 1070. The van der Waals surface area contributed by atoms with Gasteiger partial charge in [0.15, 0.2) is 0 Å². The zero-order valence-corrected chi connectivity index (χ0v) is 27.1. The van der Waals surface area contributed by atoms with Gasteiger partial charge in [-0.2, -0.15) is 0 Å². The number of Topliss-reactive ketones (excluding diaryl/α,β-unsaturated/α-hetero) is 1. The minimum Gasteiger partial charge on any atom is -0.772 e. The van der Waals surface area contributed by atoms with Crippen molar-refractivity contribution in [1.82, 2.24) is 26.2 Å². The van der Waals surface area contributed by atoms with E-state index in [0.717, 1.165) is 38.5 Å². The lowest BCUT2D eigenvalue weighted by atomic mass is 9.79. The molecule has 0 spiro atoms. The summed E-state index contributed by atoms with van der Waals surface area (Å²) in [4.78, 5) is 67.6. The van der Waals surface area contributed by atoms with Crippen molar-refractivity contribution in [2.45, 2.75) is 147 Å². The molecule has 4 N–H and O–H groups in total. The number of ketones is 1. The second-order valence-corrected chi connectivity index (χ2v) is 14.8. The first-order chi connectivity index (χ1) is 20.2. The lowest BCUT2D eigenvalue weighted by Crippen LogP contribution is -2.64. The van der Waals surface area contributed by atoms with Crippen LogP contribution in [0.5, 0.6) is 0 Å². The first-order valence-corrected chi connectivity index (χ1v) is 17.0. The molecule has 2 saturated carbocycles. The molecule has 5 atom stereocenters. The van der Waals surface area contributed by atoms with Crippen molar-refractivity contribution in [1.29, 1.82) is 0 Å². The highest BCUT2D eigenvalue weighted by molar-refractivity contribution is 7.79. The van der Waals surface area contributed by atoms with Crippen LogP contribution in [-0.2, 0) is 30.3 Å². The van der Waals surface area contributed by atoms with Crippen LogP contribution < -0.4 is 21.3 Å². The second-order valence-electron chi connectivity index (χ2n) is 13.5. The maximum absolute atomic E-state index is 14.0. The van der Waals surface area contributed by atoms with Crippen LogP contribution in [0.4, 0.5) is 4.79 Å². The number of rotatable bonds is 13. The van der Waals surface area contributed by atoms with Crippen LogP contribution in [-0.4, -0.2) is 84.7 Å². The quantitative estimate of drug-likeness (QED) is 0.179. The minimum absolute atomic E-state index is 0.0135. The van der Waals surface area contributed by atoms with Crippen LogP contribution in [0.2, 0.25) is 0 Å². The van der Waals surface area contributed by atoms with E-state index in [9.17, 15) is 32.7 Å². The van der Waals surface area contributed by atoms with E-state index in [1.54, 1.807) is 6.92 Å². The van der Waals surface area contributed by atoms with E-state index in [-0.39, 0.29) is 6.04 Å². The minimum atomic E-state index is -2.39. The molecule has 0 radical (unpaired) electrons. The molecule has 2 aliphatic carbocycles. The lowest BCUT2D eigenvalue weighted by Gasteiger charge is -2.44. The van der Waals surface area contributed by atoms with E-state index in [1.165, 1.54) is 4.90 Å². The number of nitrogens with one attached hydrogen (secondary N) is 4. The largest absolute Gasteiger partial charge is 0.772 e. The highest BCUT2D eigenvalue weighted by Crippen LogP contribution is 2.33. The molecule has 3 aliphatic rings. The fourth-order valence-corrected chi connectivity index (χ4v) is 6.76. The molecule has 3 fully saturated rings. The lowest BCUT2D eigenvalue weighted by molar-refractivity contribution is -0.143. The second kappa shape index (κ2) is 15.0. The van der Waals surface area contributed by atoms with Crippen molar-refractivity contribution in [2.24, 2.45) is 5.41 Å². The highest BCUT2D eigenvalue weighted by Gasteiger charge is 2.45. The van der Waals surface area contributed by atoms with E-state index in [1.807, 2.05) is 27.7 Å². The molecular weight excluding hydrogens is 574 g/mol. The zero-order chi connectivity index (χ0) is 31.9. The van der Waals surface area contributed by atoms with E-state index in [2.05, 4.69) is 21.3 Å².